The van der Waals surface area contributed by atoms with E-state index in [1.807, 2.05) is 0 Å². The zero-order valence-corrected chi connectivity index (χ0v) is 10.7. The van der Waals surface area contributed by atoms with Gasteiger partial charge >= 0.3 is 6.18 Å². The average molecular weight is 320 g/mol. The molecule has 1 heterocycles. The Morgan fingerprint density at radius 1 is 1.39 bits per heavy atom. The van der Waals surface area contributed by atoms with Gasteiger partial charge in [0.1, 0.15) is 5.75 Å². The highest BCUT2D eigenvalue weighted by Gasteiger charge is 2.46. The normalized spacial score (nSPS) is 18.7. The van der Waals surface area contributed by atoms with Crippen LogP contribution >= 0.6 is 15.9 Å². The first kappa shape index (κ1) is 13.1. The van der Waals surface area contributed by atoms with Crippen LogP contribution in [0.2, 0.25) is 0 Å². The molecule has 0 saturated carbocycles. The number of hydrogen-bond acceptors (Lipinski definition) is 2. The molecule has 0 saturated heterocycles. The Kier molecular flexibility index (Phi) is 3.23. The highest BCUT2D eigenvalue weighted by atomic mass is 79.9. The molecular weight excluding hydrogens is 313 g/mol. The highest BCUT2D eigenvalue weighted by Crippen LogP contribution is 2.40. The maximum absolute atomic E-state index is 12.7. The van der Waals surface area contributed by atoms with E-state index in [0.717, 1.165) is 11.6 Å². The molecule has 0 bridgehead atoms. The molecule has 1 aliphatic rings. The fourth-order valence-electron chi connectivity index (χ4n) is 1.74. The summed E-state index contributed by atoms with van der Waals surface area (Å²) in [6.45, 7) is 1.79. The van der Waals surface area contributed by atoms with E-state index in [1.54, 1.807) is 19.1 Å². The van der Waals surface area contributed by atoms with Crippen molar-refractivity contribution in [1.29, 1.82) is 0 Å². The summed E-state index contributed by atoms with van der Waals surface area (Å²) < 4.78 is 43.5. The molecule has 0 N–H and O–H groups in total. The standard InChI is InChI=1S/C12H7BrF3O2/c1-6-2-7-4-8(5-17)11(12(14,15)16)18-10(7)9(13)3-6/h2-4,11H,1H3. The molecule has 6 heteroatoms. The Hall–Kier alpha value is -1.30. The van der Waals surface area contributed by atoms with Gasteiger partial charge in [0.15, 0.2) is 0 Å². The third-order valence-corrected chi connectivity index (χ3v) is 3.05. The molecule has 18 heavy (non-hydrogen) atoms. The van der Waals surface area contributed by atoms with Crippen LogP contribution in [0.15, 0.2) is 22.2 Å². The van der Waals surface area contributed by atoms with Crippen LogP contribution in [-0.4, -0.2) is 18.6 Å². The topological polar surface area (TPSA) is 26.3 Å². The molecule has 1 radical (unpaired) electrons. The maximum Gasteiger partial charge on any atom is 0.429 e. The first-order chi connectivity index (χ1) is 8.32. The number of benzene rings is 1. The van der Waals surface area contributed by atoms with Gasteiger partial charge in [0.2, 0.25) is 12.4 Å². The van der Waals surface area contributed by atoms with E-state index in [2.05, 4.69) is 15.9 Å². The summed E-state index contributed by atoms with van der Waals surface area (Å²) in [7, 11) is 0. The number of carbonyl (C=O) groups excluding carboxylic acids is 1. The SMILES string of the molecule is Cc1cc(Br)c2c(c1)C=C([C]=O)C(C(F)(F)F)O2. The van der Waals surface area contributed by atoms with Gasteiger partial charge in [-0.15, -0.1) is 0 Å². The highest BCUT2D eigenvalue weighted by molar-refractivity contribution is 9.10. The lowest BCUT2D eigenvalue weighted by molar-refractivity contribution is -0.182. The molecular formula is C12H7BrF3O2. The predicted molar refractivity (Wildman–Crippen MR) is 63.0 cm³/mol. The number of hydrogen-bond donors (Lipinski definition) is 0. The van der Waals surface area contributed by atoms with Gasteiger partial charge in [0, 0.05) is 5.56 Å². The molecule has 0 aliphatic carbocycles. The fraction of sp³-hybridized carbons (Fsp3) is 0.250. The third kappa shape index (κ3) is 2.29. The Morgan fingerprint density at radius 2 is 2.06 bits per heavy atom. The molecule has 0 spiro atoms. The summed E-state index contributed by atoms with van der Waals surface area (Å²) in [4.78, 5) is 10.6. The maximum atomic E-state index is 12.7. The van der Waals surface area contributed by atoms with Crippen LogP contribution in [-0.2, 0) is 4.79 Å². The zero-order valence-electron chi connectivity index (χ0n) is 9.14. The minimum atomic E-state index is -4.65. The Labute approximate surface area is 110 Å². The van der Waals surface area contributed by atoms with E-state index < -0.39 is 17.9 Å². The molecule has 1 aromatic carbocycles. The minimum Gasteiger partial charge on any atom is -0.474 e. The smallest absolute Gasteiger partial charge is 0.429 e. The number of halogens is 4. The van der Waals surface area contributed by atoms with Gasteiger partial charge in [-0.3, -0.25) is 4.79 Å². The first-order valence-corrected chi connectivity index (χ1v) is 5.75. The molecule has 0 amide bonds. The van der Waals surface area contributed by atoms with Crippen LogP contribution in [0.4, 0.5) is 13.2 Å². The van der Waals surface area contributed by atoms with Crippen LogP contribution in [0.25, 0.3) is 6.08 Å². The number of rotatable bonds is 1. The number of fused-ring (bicyclic) bond motifs is 1. The van der Waals surface area contributed by atoms with Crippen molar-refractivity contribution in [2.24, 2.45) is 0 Å². The summed E-state index contributed by atoms with van der Waals surface area (Å²) in [6.07, 6.45) is -4.46. The van der Waals surface area contributed by atoms with E-state index in [0.29, 0.717) is 10.0 Å². The Bertz CT molecular complexity index is 535. The summed E-state index contributed by atoms with van der Waals surface area (Å²) in [5, 5.41) is 0. The second kappa shape index (κ2) is 4.42. The summed E-state index contributed by atoms with van der Waals surface area (Å²) in [5.41, 5.74) is 0.726. The van der Waals surface area contributed by atoms with Crippen molar-refractivity contribution < 1.29 is 22.7 Å². The molecule has 0 aromatic heterocycles. The van der Waals surface area contributed by atoms with Crippen molar-refractivity contribution in [3.8, 4) is 5.75 Å². The summed E-state index contributed by atoms with van der Waals surface area (Å²) >= 11 is 3.15. The molecule has 1 aliphatic heterocycles. The van der Waals surface area contributed by atoms with Gasteiger partial charge in [-0.2, -0.15) is 13.2 Å². The first-order valence-electron chi connectivity index (χ1n) is 4.96. The van der Waals surface area contributed by atoms with Crippen LogP contribution in [0, 0.1) is 6.92 Å². The number of aryl methyl sites for hydroxylation is 1. The molecule has 2 nitrogen and oxygen atoms in total. The van der Waals surface area contributed by atoms with Crippen molar-refractivity contribution in [3.05, 3.63) is 33.3 Å². The number of alkyl halides is 3. The van der Waals surface area contributed by atoms with E-state index in [4.69, 9.17) is 4.74 Å². The van der Waals surface area contributed by atoms with Gasteiger partial charge in [-0.05, 0) is 46.6 Å². The van der Waals surface area contributed by atoms with E-state index >= 15 is 0 Å². The van der Waals surface area contributed by atoms with Gasteiger partial charge in [-0.25, -0.2) is 0 Å². The van der Waals surface area contributed by atoms with Crippen LogP contribution in [0.1, 0.15) is 11.1 Å². The van der Waals surface area contributed by atoms with Gasteiger partial charge in [-0.1, -0.05) is 0 Å². The van der Waals surface area contributed by atoms with E-state index in [1.165, 1.54) is 6.29 Å². The largest absolute Gasteiger partial charge is 0.474 e. The monoisotopic (exact) mass is 319 g/mol. The number of ether oxygens (including phenoxy) is 1. The lowest BCUT2D eigenvalue weighted by Gasteiger charge is -2.27. The van der Waals surface area contributed by atoms with Crippen molar-refractivity contribution in [2.45, 2.75) is 19.2 Å². The van der Waals surface area contributed by atoms with Crippen molar-refractivity contribution in [1.82, 2.24) is 0 Å². The molecule has 95 valence electrons. The van der Waals surface area contributed by atoms with Gasteiger partial charge < -0.3 is 4.74 Å². The van der Waals surface area contributed by atoms with Crippen LogP contribution in [0.3, 0.4) is 0 Å². The molecule has 1 unspecified atom stereocenters. The molecule has 0 fully saturated rings. The average Bonchev–Trinajstić information content (AvgIpc) is 2.25. The second-order valence-corrected chi connectivity index (χ2v) is 4.76. The van der Waals surface area contributed by atoms with E-state index in [-0.39, 0.29) is 5.75 Å². The Balaban J connectivity index is 2.57. The molecule has 1 atom stereocenters. The predicted octanol–water partition coefficient (Wildman–Crippen LogP) is 3.57. The lowest BCUT2D eigenvalue weighted by Crippen LogP contribution is -2.38. The fourth-order valence-corrected chi connectivity index (χ4v) is 2.42. The summed E-state index contributed by atoms with van der Waals surface area (Å²) in [5.74, 6) is 0.0851. The second-order valence-electron chi connectivity index (χ2n) is 3.91. The van der Waals surface area contributed by atoms with Crippen LogP contribution in [0.5, 0.6) is 5.75 Å². The van der Waals surface area contributed by atoms with Gasteiger partial charge in [0.25, 0.3) is 0 Å². The van der Waals surface area contributed by atoms with E-state index in [9.17, 15) is 18.0 Å². The molecule has 2 rings (SSSR count). The van der Waals surface area contributed by atoms with Crippen molar-refractivity contribution >= 4 is 28.3 Å². The summed E-state index contributed by atoms with van der Waals surface area (Å²) in [6, 6.07) is 3.29. The third-order valence-electron chi connectivity index (χ3n) is 2.46. The van der Waals surface area contributed by atoms with Crippen molar-refractivity contribution in [3.63, 3.8) is 0 Å². The Morgan fingerprint density at radius 3 is 2.61 bits per heavy atom. The quantitative estimate of drug-likeness (QED) is 0.791. The zero-order chi connectivity index (χ0) is 13.5. The molecule has 1 aromatic rings. The lowest BCUT2D eigenvalue weighted by atomic mass is 10.0. The van der Waals surface area contributed by atoms with Gasteiger partial charge in [0.05, 0.1) is 10.0 Å². The minimum absolute atomic E-state index is 0.0851. The van der Waals surface area contributed by atoms with Crippen molar-refractivity contribution in [2.75, 3.05) is 0 Å². The van der Waals surface area contributed by atoms with Crippen LogP contribution < -0.4 is 4.74 Å².